The monoisotopic (exact) mass is 984 g/mol. The number of allylic oxidation sites excluding steroid dienone is 19. The first-order valence-corrected chi connectivity index (χ1v) is 25.7. The Morgan fingerprint density at radius 3 is 2.62 bits per heavy atom. The van der Waals surface area contributed by atoms with Crippen LogP contribution in [-0.2, 0) is 0 Å². The van der Waals surface area contributed by atoms with E-state index in [1.165, 1.54) is 20.4 Å². The van der Waals surface area contributed by atoms with E-state index in [9.17, 15) is 0 Å². The molecule has 5 N–H and O–H groups in total. The first-order valence-electron chi connectivity index (χ1n) is 22.4. The van der Waals surface area contributed by atoms with Gasteiger partial charge in [0.1, 0.15) is 0 Å². The molecule has 11 heteroatoms. The van der Waals surface area contributed by atoms with E-state index < -0.39 is 12.0 Å². The zero-order chi connectivity index (χ0) is 44.9. The summed E-state index contributed by atoms with van der Waals surface area (Å²) in [6, 6.07) is 8.48. The SMILES string of the molecule is C=CCC(C=C)NC(=C)C=C(C)c1ccccc1C1=NC(N(C(C)=CC=CC)C2=CCCC(C3=CC=CC(NC4=CC=CCC4)[I-]3)=C2)N=C(PC2=NC(C)(CC3=CC=CCC3)NN2)N1. The van der Waals surface area contributed by atoms with E-state index in [0.29, 0.717) is 4.05 Å². The van der Waals surface area contributed by atoms with Gasteiger partial charge in [0, 0.05) is 18.2 Å². The third-order valence-electron chi connectivity index (χ3n) is 11.4. The van der Waals surface area contributed by atoms with Gasteiger partial charge in [0.05, 0.1) is 0 Å². The summed E-state index contributed by atoms with van der Waals surface area (Å²) in [6.07, 6.45) is 44.4. The van der Waals surface area contributed by atoms with Gasteiger partial charge in [-0.15, -0.1) is 13.2 Å². The molecule has 3 aliphatic carbocycles. The molecule has 334 valence electrons. The molecular formula is C53H64IN9P-. The van der Waals surface area contributed by atoms with Gasteiger partial charge in [0.2, 0.25) is 0 Å². The summed E-state index contributed by atoms with van der Waals surface area (Å²) in [6.45, 7) is 20.7. The van der Waals surface area contributed by atoms with E-state index in [0.717, 1.165) is 102 Å². The van der Waals surface area contributed by atoms with Crippen LogP contribution in [-0.4, -0.2) is 43.9 Å². The van der Waals surface area contributed by atoms with Gasteiger partial charge < -0.3 is 5.32 Å². The number of aliphatic imine (C=N–C) groups is 3. The fourth-order valence-corrected chi connectivity index (χ4v) is 12.2. The Kier molecular flexibility index (Phi) is 16.5. The molecule has 5 atom stereocenters. The van der Waals surface area contributed by atoms with Crippen LogP contribution in [0.25, 0.3) is 5.57 Å². The quantitative estimate of drug-likeness (QED) is 0.0242. The maximum absolute atomic E-state index is 5.50. The fourth-order valence-electron chi connectivity index (χ4n) is 8.26. The molecule has 6 aliphatic rings. The predicted molar refractivity (Wildman–Crippen MR) is 270 cm³/mol. The number of hydrogen-bond acceptors (Lipinski definition) is 9. The van der Waals surface area contributed by atoms with Crippen LogP contribution < -0.4 is 48.0 Å². The summed E-state index contributed by atoms with van der Waals surface area (Å²) in [7, 11) is 0.130. The number of hydrogen-bond donors (Lipinski definition) is 5. The summed E-state index contributed by atoms with van der Waals surface area (Å²) >= 11 is -0.307. The van der Waals surface area contributed by atoms with Gasteiger partial charge in [0.15, 0.2) is 0 Å². The number of alkyl halides is 1. The molecule has 0 radical (unpaired) electrons. The number of nitrogens with one attached hydrogen (secondary N) is 5. The average molecular weight is 985 g/mol. The van der Waals surface area contributed by atoms with Crippen LogP contribution in [0.15, 0.2) is 200 Å². The van der Waals surface area contributed by atoms with Crippen molar-refractivity contribution in [1.29, 1.82) is 0 Å². The summed E-state index contributed by atoms with van der Waals surface area (Å²) in [5.41, 5.74) is 18.3. The van der Waals surface area contributed by atoms with Crippen molar-refractivity contribution in [3.63, 3.8) is 0 Å². The summed E-state index contributed by atoms with van der Waals surface area (Å²) < 4.78 is 1.84. The zero-order valence-electron chi connectivity index (χ0n) is 37.8. The molecule has 64 heavy (non-hydrogen) atoms. The number of benzene rings is 1. The number of rotatable bonds is 19. The van der Waals surface area contributed by atoms with Gasteiger partial charge in [0.25, 0.3) is 0 Å². The van der Waals surface area contributed by atoms with Crippen LogP contribution in [0.3, 0.4) is 0 Å². The van der Waals surface area contributed by atoms with Gasteiger partial charge >= 0.3 is 291 Å². The van der Waals surface area contributed by atoms with Crippen molar-refractivity contribution in [3.05, 3.63) is 196 Å². The standard InChI is InChI=1S/C53H64IN9P/c1-8-11-23-39(6)63(44-29-20-26-41(35-44)47-32-21-33-48(54-47)56-43-27-16-13-17-28-43)50-57-49(46-31-19-18-30-45(46)37(4)34-38(5)55-42(10-3)22-9-2)58-51(59-50)64-52-60-53(7,62-61-52)36-40-24-14-12-15-25-40/h8-14,16,18-19,21,23-24,27,29-35,42,48,50,55-56,62,64H,2-3,5,15,17,20,22,25-26,28,36H2,1,4,6-7H3,(H,60,61)(H,57,58,59)/q-1. The van der Waals surface area contributed by atoms with E-state index in [4.69, 9.17) is 15.0 Å². The van der Waals surface area contributed by atoms with Crippen molar-refractivity contribution in [3.8, 4) is 0 Å². The Morgan fingerprint density at radius 1 is 1.03 bits per heavy atom. The number of amidine groups is 3. The minimum absolute atomic E-state index is 0.0463. The number of hydrazine groups is 1. The average Bonchev–Trinajstić information content (AvgIpc) is 3.67. The summed E-state index contributed by atoms with van der Waals surface area (Å²) in [5, 5.41) is 11.0. The van der Waals surface area contributed by atoms with Gasteiger partial charge in [-0.05, 0) is 26.2 Å². The molecule has 0 fully saturated rings. The van der Waals surface area contributed by atoms with E-state index in [1.807, 2.05) is 19.1 Å². The van der Waals surface area contributed by atoms with Crippen molar-refractivity contribution < 1.29 is 21.2 Å². The second-order valence-corrected chi connectivity index (χ2v) is 21.0. The fraction of sp³-hybridized carbons (Fsp3) is 0.302. The van der Waals surface area contributed by atoms with Crippen molar-refractivity contribution >= 4 is 31.1 Å². The van der Waals surface area contributed by atoms with Crippen LogP contribution in [0.4, 0.5) is 0 Å². The van der Waals surface area contributed by atoms with Crippen molar-refractivity contribution in [2.75, 3.05) is 0 Å². The van der Waals surface area contributed by atoms with Crippen molar-refractivity contribution in [2.45, 2.75) is 101 Å². The van der Waals surface area contributed by atoms with Crippen molar-refractivity contribution in [1.82, 2.24) is 31.7 Å². The Hall–Kier alpha value is -5.29. The van der Waals surface area contributed by atoms with Crippen molar-refractivity contribution in [2.24, 2.45) is 15.0 Å². The van der Waals surface area contributed by atoms with E-state index in [-0.39, 0.29) is 35.8 Å². The van der Waals surface area contributed by atoms with E-state index in [2.05, 4.69) is 188 Å². The number of halogens is 1. The van der Waals surface area contributed by atoms with Gasteiger partial charge in [-0.1, -0.05) is 42.5 Å². The predicted octanol–water partition coefficient (Wildman–Crippen LogP) is 7.92. The molecule has 1 aromatic rings. The molecule has 0 saturated carbocycles. The molecule has 1 aromatic carbocycles. The third-order valence-corrected chi connectivity index (χ3v) is 15.5. The molecule has 0 bridgehead atoms. The molecule has 0 aromatic heterocycles. The molecule has 9 nitrogen and oxygen atoms in total. The molecule has 0 amide bonds. The van der Waals surface area contributed by atoms with Gasteiger partial charge in [-0.3, -0.25) is 0 Å². The zero-order valence-corrected chi connectivity index (χ0v) is 41.0. The van der Waals surface area contributed by atoms with E-state index >= 15 is 0 Å². The van der Waals surface area contributed by atoms with Crippen LogP contribution in [0.2, 0.25) is 0 Å². The summed E-state index contributed by atoms with van der Waals surface area (Å²) in [4.78, 5) is 18.5. The molecule has 0 saturated heterocycles. The number of nitrogens with zero attached hydrogens (tertiary/aromatic N) is 4. The molecule has 3 heterocycles. The Balaban J connectivity index is 1.25. The Morgan fingerprint density at radius 2 is 1.86 bits per heavy atom. The van der Waals surface area contributed by atoms with Crippen LogP contribution in [0.5, 0.6) is 0 Å². The van der Waals surface area contributed by atoms with Crippen LogP contribution in [0, 0.1) is 0 Å². The molecule has 7 rings (SSSR count). The van der Waals surface area contributed by atoms with Crippen LogP contribution in [0.1, 0.15) is 90.2 Å². The Labute approximate surface area is 393 Å². The van der Waals surface area contributed by atoms with E-state index in [1.54, 1.807) is 0 Å². The van der Waals surface area contributed by atoms with Crippen LogP contribution >= 0.6 is 8.58 Å². The summed E-state index contributed by atoms with van der Waals surface area (Å²) in [5.74, 6) is 0.754. The second-order valence-electron chi connectivity index (χ2n) is 16.7. The molecule has 0 spiro atoms. The molecular weight excluding hydrogens is 921 g/mol. The normalized spacial score (nSPS) is 24.1. The molecule has 3 aliphatic heterocycles. The Bertz CT molecular complexity index is 2410. The minimum atomic E-state index is -0.584. The first-order chi connectivity index (χ1) is 31.1. The third kappa shape index (κ3) is 12.5. The second kappa shape index (κ2) is 22.6. The van der Waals surface area contributed by atoms with Gasteiger partial charge in [-0.25, -0.2) is 0 Å². The molecule has 5 unspecified atom stereocenters. The van der Waals surface area contributed by atoms with Gasteiger partial charge in [-0.2, -0.15) is 0 Å². The first kappa shape index (κ1) is 46.7. The maximum atomic E-state index is 5.50. The topological polar surface area (TPSA) is 100 Å².